The Labute approximate surface area is 194 Å². The molecule has 0 aliphatic carbocycles. The summed E-state index contributed by atoms with van der Waals surface area (Å²) < 4.78 is 1.63. The maximum absolute atomic E-state index is 9.75. The number of rotatable bonds is 6. The molecular weight excluding hydrogens is 493 g/mol. The van der Waals surface area contributed by atoms with Crippen molar-refractivity contribution in [3.63, 3.8) is 0 Å². The van der Waals surface area contributed by atoms with Crippen LogP contribution in [-0.2, 0) is 6.42 Å². The van der Waals surface area contributed by atoms with E-state index in [9.17, 15) is 10.4 Å². The number of halogens is 1. The predicted octanol–water partition coefficient (Wildman–Crippen LogP) is 2.22. The Morgan fingerprint density at radius 2 is 2.13 bits per heavy atom. The maximum Gasteiger partial charge on any atom is 0.194 e. The van der Waals surface area contributed by atoms with E-state index >= 15 is 0 Å². The van der Waals surface area contributed by atoms with Gasteiger partial charge in [-0.2, -0.15) is 10.4 Å². The van der Waals surface area contributed by atoms with Crippen LogP contribution in [0, 0.1) is 18.3 Å². The highest BCUT2D eigenvalue weighted by atomic mass is 127. The number of guanidine groups is 1. The molecule has 0 amide bonds. The number of aliphatic imine (C=N–C) groups is 1. The first-order valence-electron chi connectivity index (χ1n) is 10.1. The Morgan fingerprint density at radius 3 is 2.73 bits per heavy atom. The molecule has 162 valence electrons. The highest BCUT2D eigenvalue weighted by molar-refractivity contribution is 14.0. The minimum Gasteiger partial charge on any atom is -0.391 e. The summed E-state index contributed by atoms with van der Waals surface area (Å²) in [4.78, 5) is 6.75. The van der Waals surface area contributed by atoms with E-state index in [4.69, 9.17) is 5.73 Å². The number of likely N-dealkylation sites (tertiary alicyclic amines) is 1. The second kappa shape index (κ2) is 11.2. The molecule has 1 aromatic carbocycles. The molecule has 3 rings (SSSR count). The molecule has 1 fully saturated rings. The Bertz CT molecular complexity index is 901. The summed E-state index contributed by atoms with van der Waals surface area (Å²) in [6.45, 7) is 6.86. The second-order valence-corrected chi connectivity index (χ2v) is 7.29. The first kappa shape index (κ1) is 24.0. The van der Waals surface area contributed by atoms with E-state index in [1.807, 2.05) is 38.1 Å². The summed E-state index contributed by atoms with van der Waals surface area (Å²) in [7, 11) is 0. The van der Waals surface area contributed by atoms with Gasteiger partial charge in [0.2, 0.25) is 0 Å². The molecule has 1 aliphatic heterocycles. The third-order valence-corrected chi connectivity index (χ3v) is 5.02. The number of nitrogens with two attached hydrogens (primary N) is 1. The van der Waals surface area contributed by atoms with Crippen LogP contribution in [0.4, 0.5) is 5.82 Å². The van der Waals surface area contributed by atoms with Crippen molar-refractivity contribution in [1.29, 1.82) is 5.26 Å². The number of β-amino-alcohol motifs (C(OH)–C–C–N with tert-alkyl or cyclic N) is 1. The normalized spacial score (nSPS) is 16.3. The summed E-state index contributed by atoms with van der Waals surface area (Å²) in [5.41, 5.74) is 9.31. The Morgan fingerprint density at radius 1 is 1.40 bits per heavy atom. The lowest BCUT2D eigenvalue weighted by Gasteiger charge is -2.20. The number of hydrogen-bond acceptors (Lipinski definition) is 5. The molecule has 0 radical (unpaired) electrons. The van der Waals surface area contributed by atoms with Crippen molar-refractivity contribution in [3.05, 3.63) is 41.1 Å². The summed E-state index contributed by atoms with van der Waals surface area (Å²) in [6.07, 6.45) is 1.86. The van der Waals surface area contributed by atoms with Crippen molar-refractivity contribution in [3.8, 4) is 11.8 Å². The number of hydrogen-bond donors (Lipinski definition) is 3. The summed E-state index contributed by atoms with van der Waals surface area (Å²) >= 11 is 0. The third kappa shape index (κ3) is 5.64. The van der Waals surface area contributed by atoms with Crippen molar-refractivity contribution in [1.82, 2.24) is 20.0 Å². The van der Waals surface area contributed by atoms with Gasteiger partial charge in [0, 0.05) is 26.2 Å². The van der Waals surface area contributed by atoms with E-state index in [2.05, 4.69) is 26.4 Å². The number of nitrogens with zero attached hydrogens (tertiary/aromatic N) is 5. The predicted molar refractivity (Wildman–Crippen MR) is 129 cm³/mol. The molecular formula is C21H30IN7O. The zero-order valence-corrected chi connectivity index (χ0v) is 19.8. The van der Waals surface area contributed by atoms with Crippen LogP contribution in [0.15, 0.2) is 29.3 Å². The average Bonchev–Trinajstić information content (AvgIpc) is 3.28. The van der Waals surface area contributed by atoms with Crippen LogP contribution >= 0.6 is 24.0 Å². The van der Waals surface area contributed by atoms with Crippen LogP contribution in [0.25, 0.3) is 5.69 Å². The number of aliphatic hydroxyl groups excluding tert-OH is 1. The van der Waals surface area contributed by atoms with E-state index in [1.165, 1.54) is 0 Å². The number of aliphatic hydroxyl groups is 1. The summed E-state index contributed by atoms with van der Waals surface area (Å²) in [5, 5.41) is 27.2. The van der Waals surface area contributed by atoms with Crippen LogP contribution in [0.5, 0.6) is 0 Å². The smallest absolute Gasteiger partial charge is 0.194 e. The fraction of sp³-hybridized carbons (Fsp3) is 0.476. The number of nitrogen functional groups attached to an aromatic ring is 1. The molecule has 1 aliphatic rings. The van der Waals surface area contributed by atoms with Crippen LogP contribution < -0.4 is 11.1 Å². The summed E-state index contributed by atoms with van der Waals surface area (Å²) in [6, 6.07) is 10.1. The minimum absolute atomic E-state index is 0. The van der Waals surface area contributed by atoms with E-state index in [-0.39, 0.29) is 30.1 Å². The topological polar surface area (TPSA) is 115 Å². The molecule has 9 heteroatoms. The van der Waals surface area contributed by atoms with Crippen LogP contribution in [-0.4, -0.2) is 58.0 Å². The van der Waals surface area contributed by atoms with Gasteiger partial charge in [-0.05, 0) is 45.2 Å². The number of aryl methyl sites for hydroxylation is 2. The molecule has 0 spiro atoms. The molecule has 1 aromatic heterocycles. The van der Waals surface area contributed by atoms with Crippen molar-refractivity contribution in [2.45, 2.75) is 39.2 Å². The Hall–Kier alpha value is -2.32. The van der Waals surface area contributed by atoms with Gasteiger partial charge in [0.1, 0.15) is 17.5 Å². The Balaban J connectivity index is 0.00000320. The highest BCUT2D eigenvalue weighted by Crippen LogP contribution is 2.22. The van der Waals surface area contributed by atoms with Crippen LogP contribution in [0.2, 0.25) is 0 Å². The van der Waals surface area contributed by atoms with E-state index < -0.39 is 0 Å². The van der Waals surface area contributed by atoms with E-state index in [0.29, 0.717) is 36.6 Å². The molecule has 0 saturated carbocycles. The third-order valence-electron chi connectivity index (χ3n) is 5.02. The SMILES string of the molecule is CCNC(=NCCCc1nn(-c2ccc(C)cc2)c(N)c1C#N)N1CC[C@@H](O)C1.I. The quantitative estimate of drug-likeness (QED) is 0.232. The number of nitriles is 1. The second-order valence-electron chi connectivity index (χ2n) is 7.29. The fourth-order valence-corrected chi connectivity index (χ4v) is 3.45. The largest absolute Gasteiger partial charge is 0.391 e. The van der Waals surface area contributed by atoms with Gasteiger partial charge in [-0.15, -0.1) is 24.0 Å². The van der Waals surface area contributed by atoms with E-state index in [1.54, 1.807) is 4.68 Å². The molecule has 0 bridgehead atoms. The number of anilines is 1. The zero-order valence-electron chi connectivity index (χ0n) is 17.5. The Kier molecular flexibility index (Phi) is 8.92. The van der Waals surface area contributed by atoms with Crippen molar-refractivity contribution >= 4 is 35.8 Å². The van der Waals surface area contributed by atoms with Crippen LogP contribution in [0.1, 0.15) is 36.6 Å². The van der Waals surface area contributed by atoms with Crippen molar-refractivity contribution in [2.75, 3.05) is 31.9 Å². The molecule has 8 nitrogen and oxygen atoms in total. The lowest BCUT2D eigenvalue weighted by molar-refractivity contribution is 0.188. The molecule has 1 atom stereocenters. The first-order chi connectivity index (χ1) is 14.0. The lowest BCUT2D eigenvalue weighted by atomic mass is 10.1. The van der Waals surface area contributed by atoms with Gasteiger partial charge in [0.25, 0.3) is 0 Å². The van der Waals surface area contributed by atoms with Gasteiger partial charge in [0.05, 0.1) is 17.5 Å². The van der Waals surface area contributed by atoms with Gasteiger partial charge in [-0.1, -0.05) is 17.7 Å². The molecule has 1 saturated heterocycles. The summed E-state index contributed by atoms with van der Waals surface area (Å²) in [5.74, 6) is 1.20. The van der Waals surface area contributed by atoms with Crippen LogP contribution in [0.3, 0.4) is 0 Å². The van der Waals surface area contributed by atoms with Gasteiger partial charge < -0.3 is 21.1 Å². The van der Waals surface area contributed by atoms with Crippen molar-refractivity contribution in [2.24, 2.45) is 4.99 Å². The molecule has 2 aromatic rings. The molecule has 30 heavy (non-hydrogen) atoms. The number of benzene rings is 1. The number of nitrogens with one attached hydrogen (secondary N) is 1. The van der Waals surface area contributed by atoms with E-state index in [0.717, 1.165) is 43.1 Å². The highest BCUT2D eigenvalue weighted by Gasteiger charge is 2.22. The standard InChI is InChI=1S/C21H29N7O.HI/c1-3-24-21(27-12-10-17(29)14-27)25-11-4-5-19-18(13-22)20(23)28(26-19)16-8-6-15(2)7-9-16;/h6-9,17,29H,3-5,10-12,14,23H2,1-2H3,(H,24,25);1H/t17-;/m1./s1. The van der Waals surface area contributed by atoms with Gasteiger partial charge in [-0.3, -0.25) is 4.99 Å². The maximum atomic E-state index is 9.75. The molecule has 2 heterocycles. The average molecular weight is 523 g/mol. The van der Waals surface area contributed by atoms with Crippen molar-refractivity contribution < 1.29 is 5.11 Å². The molecule has 4 N–H and O–H groups in total. The molecule has 0 unspecified atom stereocenters. The minimum atomic E-state index is -0.286. The fourth-order valence-electron chi connectivity index (χ4n) is 3.45. The zero-order chi connectivity index (χ0) is 20.8. The lowest BCUT2D eigenvalue weighted by Crippen LogP contribution is -2.40. The first-order valence-corrected chi connectivity index (χ1v) is 10.1. The monoisotopic (exact) mass is 523 g/mol. The van der Waals surface area contributed by atoms with Gasteiger partial charge in [0.15, 0.2) is 5.96 Å². The van der Waals surface area contributed by atoms with Gasteiger partial charge >= 0.3 is 0 Å². The number of aromatic nitrogens is 2. The van der Waals surface area contributed by atoms with Gasteiger partial charge in [-0.25, -0.2) is 4.68 Å².